The Labute approximate surface area is 50.1 Å². The highest BCUT2D eigenvalue weighted by Crippen LogP contribution is 1.91. The summed E-state index contributed by atoms with van der Waals surface area (Å²) >= 11 is 0. The largest absolute Gasteiger partial charge is 0.251 e. The van der Waals surface area contributed by atoms with Gasteiger partial charge in [0.15, 0.2) is 0 Å². The van der Waals surface area contributed by atoms with Crippen LogP contribution < -0.4 is 0 Å². The summed E-state index contributed by atoms with van der Waals surface area (Å²) in [5.41, 5.74) is 0. The Bertz CT molecular complexity index is 39.0. The van der Waals surface area contributed by atoms with Gasteiger partial charge in [-0.2, -0.15) is 0 Å². The predicted octanol–water partition coefficient (Wildman–Crippen LogP) is 2.29. The highest BCUT2D eigenvalue weighted by atomic mass is 19.1. The topological polar surface area (TPSA) is 23.8 Å². The van der Waals surface area contributed by atoms with Gasteiger partial charge in [0.1, 0.15) is 0 Å². The van der Waals surface area contributed by atoms with Gasteiger partial charge in [-0.25, -0.2) is 5.26 Å². The zero-order chi connectivity index (χ0) is 6.83. The van der Waals surface area contributed by atoms with Crippen LogP contribution >= 0.6 is 0 Å². The minimum Gasteiger partial charge on any atom is -0.251 e. The third kappa shape index (κ3) is 18.1. The van der Waals surface area contributed by atoms with Gasteiger partial charge in [0.2, 0.25) is 0 Å². The van der Waals surface area contributed by atoms with Crippen LogP contribution in [-0.2, 0) is 0 Å². The maximum absolute atomic E-state index is 11.2. The average molecular weight is 117 g/mol. The van der Waals surface area contributed by atoms with E-state index in [0.717, 1.165) is 19.3 Å². The Balaban J connectivity index is 0. The molecule has 48 valence electrons. The van der Waals surface area contributed by atoms with Crippen molar-refractivity contribution in [2.24, 2.45) is 0 Å². The number of hydrogen-bond donors (Lipinski definition) is 0. The van der Waals surface area contributed by atoms with Crippen molar-refractivity contribution >= 4 is 0 Å². The Morgan fingerprint density at radius 2 is 1.88 bits per heavy atom. The molecule has 0 aliphatic carbocycles. The zero-order valence-electron chi connectivity index (χ0n) is 5.23. The minimum atomic E-state index is -0.145. The Morgan fingerprint density at radius 1 is 1.38 bits per heavy atom. The molecule has 0 aromatic rings. The molecule has 0 spiro atoms. The molecule has 0 bridgehead atoms. The van der Waals surface area contributed by atoms with Gasteiger partial charge in [-0.3, -0.25) is 4.39 Å². The molecule has 0 N–H and O–H groups in total. The molecule has 0 heterocycles. The number of hydrogen-bond acceptors (Lipinski definition) is 1. The van der Waals surface area contributed by atoms with Crippen molar-refractivity contribution in [3.8, 4) is 6.57 Å². The number of nitriles is 1. The molecule has 0 rings (SSSR count). The number of alkyl halides is 1. The molecular formula is C6H12FN. The fourth-order valence-corrected chi connectivity index (χ4v) is 0.344. The van der Waals surface area contributed by atoms with Crippen LogP contribution in [-0.4, -0.2) is 6.67 Å². The monoisotopic (exact) mass is 117 g/mol. The summed E-state index contributed by atoms with van der Waals surface area (Å²) in [6, 6.07) is 0. The first-order valence-corrected chi connectivity index (χ1v) is 2.73. The van der Waals surface area contributed by atoms with Gasteiger partial charge in [0.05, 0.1) is 6.67 Å². The van der Waals surface area contributed by atoms with E-state index in [1.165, 1.54) is 0 Å². The number of rotatable bonds is 3. The molecule has 0 radical (unpaired) electrons. The first-order chi connectivity index (χ1) is 3.91. The molecule has 0 aromatic heterocycles. The summed E-state index contributed by atoms with van der Waals surface area (Å²) in [4.78, 5) is 0. The van der Waals surface area contributed by atoms with Crippen LogP contribution in [0.1, 0.15) is 26.2 Å². The summed E-state index contributed by atoms with van der Waals surface area (Å²) in [6.45, 7) is 5.42. The second-order valence-corrected chi connectivity index (χ2v) is 1.40. The van der Waals surface area contributed by atoms with Crippen molar-refractivity contribution in [3.05, 3.63) is 0 Å². The van der Waals surface area contributed by atoms with Crippen LogP contribution in [0.5, 0.6) is 0 Å². The molecular weight excluding hydrogens is 105 g/mol. The summed E-state index contributed by atoms with van der Waals surface area (Å²) in [5.74, 6) is 0. The summed E-state index contributed by atoms with van der Waals surface area (Å²) in [7, 11) is 0. The lowest BCUT2D eigenvalue weighted by Gasteiger charge is -1.84. The molecule has 1 nitrogen and oxygen atoms in total. The second kappa shape index (κ2) is 16.1. The first-order valence-electron chi connectivity index (χ1n) is 2.73. The normalized spacial score (nSPS) is 7.00. The molecule has 0 atom stereocenters. The SMILES string of the molecule is C#N.CCCCCF. The highest BCUT2D eigenvalue weighted by molar-refractivity contribution is 4.31. The smallest absolute Gasteiger partial charge is 0.0894 e. The molecule has 0 saturated carbocycles. The number of nitrogens with zero attached hydrogens (tertiary/aromatic N) is 1. The van der Waals surface area contributed by atoms with E-state index in [9.17, 15) is 4.39 Å². The van der Waals surface area contributed by atoms with Gasteiger partial charge in [-0.05, 0) is 6.42 Å². The van der Waals surface area contributed by atoms with E-state index in [4.69, 9.17) is 5.26 Å². The number of halogens is 1. The quantitative estimate of drug-likeness (QED) is 0.520. The van der Waals surface area contributed by atoms with Gasteiger partial charge in [-0.15, -0.1) is 0 Å². The van der Waals surface area contributed by atoms with Crippen LogP contribution in [0.3, 0.4) is 0 Å². The predicted molar refractivity (Wildman–Crippen MR) is 32.2 cm³/mol. The Morgan fingerprint density at radius 3 is 2.00 bits per heavy atom. The maximum Gasteiger partial charge on any atom is 0.0894 e. The van der Waals surface area contributed by atoms with E-state index >= 15 is 0 Å². The van der Waals surface area contributed by atoms with Crippen molar-refractivity contribution in [2.45, 2.75) is 26.2 Å². The molecule has 0 unspecified atom stereocenters. The van der Waals surface area contributed by atoms with Gasteiger partial charge < -0.3 is 0 Å². The molecule has 0 aromatic carbocycles. The lowest BCUT2D eigenvalue weighted by molar-refractivity contribution is 0.460. The van der Waals surface area contributed by atoms with E-state index in [-0.39, 0.29) is 6.67 Å². The molecule has 0 aliphatic rings. The minimum absolute atomic E-state index is 0.145. The summed E-state index contributed by atoms with van der Waals surface area (Å²) in [5, 5.41) is 6.50. The third-order valence-electron chi connectivity index (χ3n) is 0.737. The zero-order valence-corrected chi connectivity index (χ0v) is 5.23. The third-order valence-corrected chi connectivity index (χ3v) is 0.737. The standard InChI is InChI=1S/C5H11F.CHN/c1-2-3-4-5-6;1-2/h2-5H2,1H3;1H. The van der Waals surface area contributed by atoms with E-state index in [1.807, 2.05) is 0 Å². The van der Waals surface area contributed by atoms with Gasteiger partial charge >= 0.3 is 0 Å². The van der Waals surface area contributed by atoms with E-state index in [2.05, 4.69) is 13.5 Å². The molecule has 0 fully saturated rings. The second-order valence-electron chi connectivity index (χ2n) is 1.40. The van der Waals surface area contributed by atoms with Gasteiger partial charge in [-0.1, -0.05) is 19.8 Å². The van der Waals surface area contributed by atoms with Gasteiger partial charge in [0, 0.05) is 6.57 Å². The lowest BCUT2D eigenvalue weighted by atomic mass is 10.3. The molecule has 0 saturated heterocycles. The van der Waals surface area contributed by atoms with Crippen molar-refractivity contribution in [1.82, 2.24) is 0 Å². The van der Waals surface area contributed by atoms with Gasteiger partial charge in [0.25, 0.3) is 0 Å². The molecule has 2 heteroatoms. The first kappa shape index (κ1) is 10.4. The molecule has 0 aliphatic heterocycles. The summed E-state index contributed by atoms with van der Waals surface area (Å²) in [6.07, 6.45) is 2.90. The van der Waals surface area contributed by atoms with E-state index < -0.39 is 0 Å². The van der Waals surface area contributed by atoms with Crippen molar-refractivity contribution in [2.75, 3.05) is 6.67 Å². The van der Waals surface area contributed by atoms with Crippen LogP contribution in [0.4, 0.5) is 4.39 Å². The lowest BCUT2D eigenvalue weighted by Crippen LogP contribution is -1.72. The van der Waals surface area contributed by atoms with Crippen molar-refractivity contribution in [3.63, 3.8) is 0 Å². The van der Waals surface area contributed by atoms with Crippen molar-refractivity contribution in [1.29, 1.82) is 5.26 Å². The average Bonchev–Trinajstić information content (AvgIpc) is 1.88. The maximum atomic E-state index is 11.2. The van der Waals surface area contributed by atoms with Crippen LogP contribution in [0.15, 0.2) is 0 Å². The van der Waals surface area contributed by atoms with Crippen LogP contribution in [0.25, 0.3) is 0 Å². The summed E-state index contributed by atoms with van der Waals surface area (Å²) < 4.78 is 11.2. The van der Waals surface area contributed by atoms with Crippen molar-refractivity contribution < 1.29 is 4.39 Å². The Kier molecular flexibility index (Phi) is 21.0. The van der Waals surface area contributed by atoms with Crippen LogP contribution in [0, 0.1) is 11.8 Å². The highest BCUT2D eigenvalue weighted by Gasteiger charge is 1.78. The van der Waals surface area contributed by atoms with E-state index in [1.54, 1.807) is 0 Å². The number of unbranched alkanes of at least 4 members (excludes halogenated alkanes) is 2. The van der Waals surface area contributed by atoms with E-state index in [0.29, 0.717) is 0 Å². The van der Waals surface area contributed by atoms with Crippen LogP contribution in [0.2, 0.25) is 0 Å². The molecule has 0 amide bonds. The molecule has 8 heavy (non-hydrogen) atoms. The fourth-order valence-electron chi connectivity index (χ4n) is 0.344. The fraction of sp³-hybridized carbons (Fsp3) is 0.833. The Hall–Kier alpha value is -0.580.